The lowest BCUT2D eigenvalue weighted by molar-refractivity contribution is -0.191. The summed E-state index contributed by atoms with van der Waals surface area (Å²) in [5.74, 6) is -1.75. The van der Waals surface area contributed by atoms with E-state index in [2.05, 4.69) is 0 Å². The maximum Gasteiger partial charge on any atom is 0.169 e. The average Bonchev–Trinajstić information content (AvgIpc) is 2.51. The van der Waals surface area contributed by atoms with Crippen molar-refractivity contribution in [3.05, 3.63) is 0 Å². The van der Waals surface area contributed by atoms with Crippen LogP contribution in [0.25, 0.3) is 0 Å². The molecule has 0 unspecified atom stereocenters. The third kappa shape index (κ3) is 1.78. The normalized spacial score (nSPS) is 42.9. The molecule has 1 heterocycles. The Hall–Kier alpha value is -0.490. The van der Waals surface area contributed by atoms with Gasteiger partial charge in [-0.1, -0.05) is 0 Å². The lowest BCUT2D eigenvalue weighted by Crippen LogP contribution is -2.54. The second kappa shape index (κ2) is 3.77. The molecule has 92 valence electrons. The number of aliphatic hydroxyl groups excluding tert-OH is 2. The Morgan fingerprint density at radius 2 is 2.19 bits per heavy atom. The van der Waals surface area contributed by atoms with E-state index in [4.69, 9.17) is 9.47 Å². The summed E-state index contributed by atoms with van der Waals surface area (Å²) in [6.07, 6.45) is -0.0707. The summed E-state index contributed by atoms with van der Waals surface area (Å²) in [6, 6.07) is 0. The van der Waals surface area contributed by atoms with Gasteiger partial charge in [0.2, 0.25) is 0 Å². The van der Waals surface area contributed by atoms with Gasteiger partial charge in [-0.15, -0.1) is 0 Å². The van der Waals surface area contributed by atoms with Crippen LogP contribution in [0.3, 0.4) is 0 Å². The maximum absolute atomic E-state index is 11.8. The average molecular weight is 230 g/mol. The number of carbonyl (C=O) groups excluding carboxylic acids is 1. The van der Waals surface area contributed by atoms with Crippen LogP contribution in [0.15, 0.2) is 0 Å². The number of rotatable bonds is 1. The first-order chi connectivity index (χ1) is 7.40. The van der Waals surface area contributed by atoms with E-state index in [0.717, 1.165) is 0 Å². The minimum atomic E-state index is -0.977. The highest BCUT2D eigenvalue weighted by molar-refractivity contribution is 5.87. The molecule has 16 heavy (non-hydrogen) atoms. The van der Waals surface area contributed by atoms with Crippen LogP contribution < -0.4 is 0 Å². The Kier molecular flexibility index (Phi) is 2.82. The topological polar surface area (TPSA) is 76.0 Å². The predicted molar refractivity (Wildman–Crippen MR) is 54.7 cm³/mol. The van der Waals surface area contributed by atoms with E-state index in [1.54, 1.807) is 13.8 Å². The van der Waals surface area contributed by atoms with Gasteiger partial charge in [-0.05, 0) is 26.7 Å². The molecule has 0 radical (unpaired) electrons. The molecular weight excluding hydrogens is 212 g/mol. The summed E-state index contributed by atoms with van der Waals surface area (Å²) in [4.78, 5) is 11.8. The summed E-state index contributed by atoms with van der Waals surface area (Å²) in [6.45, 7) is 3.55. The molecule has 0 aromatic carbocycles. The molecule has 0 bridgehead atoms. The second-order valence-corrected chi connectivity index (χ2v) is 5.05. The molecule has 1 aliphatic heterocycles. The molecule has 1 saturated heterocycles. The quantitative estimate of drug-likeness (QED) is 0.654. The standard InChI is InChI=1S/C11H18O5/c1-10(2)15-6-11(16-10)4-3-8(13)9(14)7(11)5-12/h7-8,12-13H,3-6H2,1-2H3/t7-,8+,11-/m0/s1. The SMILES string of the molecule is CC1(C)OC[C@]2(CC[C@@H](O)C(=O)[C@@H]2CO)O1. The highest BCUT2D eigenvalue weighted by Crippen LogP contribution is 2.43. The summed E-state index contributed by atoms with van der Waals surface area (Å²) in [7, 11) is 0. The van der Waals surface area contributed by atoms with E-state index in [0.29, 0.717) is 19.4 Å². The highest BCUT2D eigenvalue weighted by Gasteiger charge is 2.56. The van der Waals surface area contributed by atoms with Gasteiger partial charge < -0.3 is 19.7 Å². The van der Waals surface area contributed by atoms with Crippen LogP contribution in [-0.4, -0.2) is 46.7 Å². The minimum Gasteiger partial charge on any atom is -0.396 e. The van der Waals surface area contributed by atoms with Gasteiger partial charge in [0.15, 0.2) is 11.6 Å². The fourth-order valence-corrected chi connectivity index (χ4v) is 2.58. The van der Waals surface area contributed by atoms with Crippen LogP contribution in [-0.2, 0) is 14.3 Å². The van der Waals surface area contributed by atoms with Gasteiger partial charge in [0.05, 0.1) is 19.1 Å². The lowest BCUT2D eigenvalue weighted by atomic mass is 9.74. The van der Waals surface area contributed by atoms with Gasteiger partial charge in [-0.2, -0.15) is 0 Å². The second-order valence-electron chi connectivity index (χ2n) is 5.05. The number of ketones is 1. The number of Topliss-reactive ketones (excluding diaryl/α,β-unsaturated/α-hetero) is 1. The van der Waals surface area contributed by atoms with Gasteiger partial charge in [0.1, 0.15) is 11.7 Å². The van der Waals surface area contributed by atoms with E-state index in [-0.39, 0.29) is 12.4 Å². The van der Waals surface area contributed by atoms with Crippen molar-refractivity contribution in [2.45, 2.75) is 44.2 Å². The minimum absolute atomic E-state index is 0.295. The molecule has 2 N–H and O–H groups in total. The summed E-state index contributed by atoms with van der Waals surface area (Å²) < 4.78 is 11.3. The molecule has 5 heteroatoms. The Morgan fingerprint density at radius 3 is 2.69 bits per heavy atom. The monoisotopic (exact) mass is 230 g/mol. The van der Waals surface area contributed by atoms with Gasteiger partial charge in [0.25, 0.3) is 0 Å². The van der Waals surface area contributed by atoms with Crippen LogP contribution in [0.4, 0.5) is 0 Å². The Labute approximate surface area is 94.4 Å². The molecule has 0 amide bonds. The molecular formula is C11H18O5. The zero-order chi connectivity index (χ0) is 12.0. The molecule has 1 aliphatic carbocycles. The van der Waals surface area contributed by atoms with Crippen molar-refractivity contribution < 1.29 is 24.5 Å². The Balaban J connectivity index is 2.24. The molecule has 1 saturated carbocycles. The number of carbonyl (C=O) groups is 1. The van der Waals surface area contributed by atoms with Crippen LogP contribution in [0, 0.1) is 5.92 Å². The van der Waals surface area contributed by atoms with E-state index in [1.165, 1.54) is 0 Å². The zero-order valence-corrected chi connectivity index (χ0v) is 9.60. The van der Waals surface area contributed by atoms with Crippen molar-refractivity contribution in [2.24, 2.45) is 5.92 Å². The van der Waals surface area contributed by atoms with E-state index < -0.39 is 23.4 Å². The smallest absolute Gasteiger partial charge is 0.169 e. The number of hydrogen-bond donors (Lipinski definition) is 2. The van der Waals surface area contributed by atoms with Crippen molar-refractivity contribution in [3.8, 4) is 0 Å². The fraction of sp³-hybridized carbons (Fsp3) is 0.909. The molecule has 0 aromatic rings. The molecule has 1 spiro atoms. The maximum atomic E-state index is 11.8. The summed E-state index contributed by atoms with van der Waals surface area (Å²) in [5.41, 5.74) is -0.755. The molecule has 2 rings (SSSR count). The van der Waals surface area contributed by atoms with Gasteiger partial charge in [-0.25, -0.2) is 0 Å². The number of ether oxygens (including phenoxy) is 2. The van der Waals surface area contributed by atoms with E-state index >= 15 is 0 Å². The third-order valence-electron chi connectivity index (χ3n) is 3.44. The summed E-state index contributed by atoms with van der Waals surface area (Å²) in [5, 5.41) is 18.8. The molecule has 0 aromatic heterocycles. The van der Waals surface area contributed by atoms with Gasteiger partial charge in [-0.3, -0.25) is 4.79 Å². The Bertz CT molecular complexity index is 301. The predicted octanol–water partition coefficient (Wildman–Crippen LogP) is -0.160. The molecule has 3 atom stereocenters. The summed E-state index contributed by atoms with van der Waals surface area (Å²) >= 11 is 0. The first kappa shape index (κ1) is 12.0. The number of aliphatic hydroxyl groups is 2. The first-order valence-electron chi connectivity index (χ1n) is 5.57. The van der Waals surface area contributed by atoms with Crippen molar-refractivity contribution in [1.82, 2.24) is 0 Å². The highest BCUT2D eigenvalue weighted by atomic mass is 16.8. The van der Waals surface area contributed by atoms with Crippen LogP contribution >= 0.6 is 0 Å². The van der Waals surface area contributed by atoms with Gasteiger partial charge >= 0.3 is 0 Å². The zero-order valence-electron chi connectivity index (χ0n) is 9.60. The van der Waals surface area contributed by atoms with Gasteiger partial charge in [0, 0.05) is 0 Å². The lowest BCUT2D eigenvalue weighted by Gasteiger charge is -2.40. The van der Waals surface area contributed by atoms with E-state index in [9.17, 15) is 15.0 Å². The van der Waals surface area contributed by atoms with E-state index in [1.807, 2.05) is 0 Å². The van der Waals surface area contributed by atoms with Crippen molar-refractivity contribution in [2.75, 3.05) is 13.2 Å². The van der Waals surface area contributed by atoms with Crippen molar-refractivity contribution >= 4 is 5.78 Å². The largest absolute Gasteiger partial charge is 0.396 e. The number of hydrogen-bond acceptors (Lipinski definition) is 5. The van der Waals surface area contributed by atoms with Crippen LogP contribution in [0.2, 0.25) is 0 Å². The fourth-order valence-electron chi connectivity index (χ4n) is 2.58. The molecule has 2 fully saturated rings. The van der Waals surface area contributed by atoms with Crippen LogP contribution in [0.5, 0.6) is 0 Å². The third-order valence-corrected chi connectivity index (χ3v) is 3.44. The van der Waals surface area contributed by atoms with Crippen molar-refractivity contribution in [3.63, 3.8) is 0 Å². The van der Waals surface area contributed by atoms with Crippen molar-refractivity contribution in [1.29, 1.82) is 0 Å². The molecule has 2 aliphatic rings. The van der Waals surface area contributed by atoms with Crippen LogP contribution in [0.1, 0.15) is 26.7 Å². The Morgan fingerprint density at radius 1 is 1.50 bits per heavy atom. The molecule has 5 nitrogen and oxygen atoms in total. The first-order valence-corrected chi connectivity index (χ1v) is 5.57.